The highest BCUT2D eigenvalue weighted by atomic mass is 32.2. The molecule has 0 aromatic rings. The summed E-state index contributed by atoms with van der Waals surface area (Å²) in [5, 5.41) is 0.687. The zero-order valence-electron chi connectivity index (χ0n) is 5.11. The van der Waals surface area contributed by atoms with Crippen LogP contribution in [0.4, 0.5) is 0 Å². The molecule has 0 nitrogen and oxygen atoms in total. The Bertz CT molecular complexity index is 131. The molecule has 0 spiro atoms. The van der Waals surface area contributed by atoms with Gasteiger partial charge in [0.25, 0.3) is 0 Å². The van der Waals surface area contributed by atoms with Gasteiger partial charge in [-0.15, -0.1) is 5.73 Å². The molecule has 0 radical (unpaired) electrons. The van der Waals surface area contributed by atoms with Crippen molar-refractivity contribution in [1.82, 2.24) is 0 Å². The standard InChI is InChI=1S/C7H10S/c1-3-7-4-5-8-6(7)2/h6H,1,4-5H2,2H3/t6-/m0/s1. The van der Waals surface area contributed by atoms with Gasteiger partial charge in [0.1, 0.15) is 0 Å². The van der Waals surface area contributed by atoms with Crippen LogP contribution >= 0.6 is 11.8 Å². The van der Waals surface area contributed by atoms with Gasteiger partial charge in [-0.3, -0.25) is 0 Å². The molecule has 1 atom stereocenters. The highest BCUT2D eigenvalue weighted by Crippen LogP contribution is 2.29. The molecule has 1 rings (SSSR count). The molecular formula is C7H10S. The molecule has 0 aromatic heterocycles. The van der Waals surface area contributed by atoms with Crippen LogP contribution in [0.15, 0.2) is 17.9 Å². The number of hydrogen-bond donors (Lipinski definition) is 0. The third kappa shape index (κ3) is 0.988. The van der Waals surface area contributed by atoms with Crippen molar-refractivity contribution >= 4 is 11.8 Å². The minimum absolute atomic E-state index is 0.687. The van der Waals surface area contributed by atoms with Gasteiger partial charge in [-0.1, -0.05) is 6.58 Å². The van der Waals surface area contributed by atoms with E-state index in [1.54, 1.807) is 0 Å². The van der Waals surface area contributed by atoms with Crippen LogP contribution in [0.5, 0.6) is 0 Å². The maximum atomic E-state index is 3.62. The van der Waals surface area contributed by atoms with Crippen molar-refractivity contribution in [3.05, 3.63) is 17.9 Å². The van der Waals surface area contributed by atoms with Crippen molar-refractivity contribution in [2.45, 2.75) is 18.6 Å². The summed E-state index contributed by atoms with van der Waals surface area (Å²) in [5.74, 6) is 1.26. The van der Waals surface area contributed by atoms with Crippen molar-refractivity contribution in [3.63, 3.8) is 0 Å². The van der Waals surface area contributed by atoms with Crippen LogP contribution in [0.3, 0.4) is 0 Å². The van der Waals surface area contributed by atoms with Crippen LogP contribution in [0.2, 0.25) is 0 Å². The van der Waals surface area contributed by atoms with Crippen molar-refractivity contribution in [2.75, 3.05) is 5.75 Å². The fraction of sp³-hybridized carbons (Fsp3) is 0.571. The largest absolute Gasteiger partial charge is 0.153 e. The van der Waals surface area contributed by atoms with E-state index < -0.39 is 0 Å². The predicted molar refractivity (Wildman–Crippen MR) is 39.2 cm³/mol. The molecule has 0 amide bonds. The van der Waals surface area contributed by atoms with Crippen LogP contribution in [-0.2, 0) is 0 Å². The Labute approximate surface area is 54.7 Å². The van der Waals surface area contributed by atoms with E-state index in [1.165, 1.54) is 17.7 Å². The average Bonchev–Trinajstić information content (AvgIpc) is 2.14. The third-order valence-corrected chi connectivity index (χ3v) is 2.68. The monoisotopic (exact) mass is 126 g/mol. The first kappa shape index (κ1) is 6.00. The fourth-order valence-electron chi connectivity index (χ4n) is 0.882. The molecule has 1 fully saturated rings. The number of hydrogen-bond acceptors (Lipinski definition) is 1. The van der Waals surface area contributed by atoms with Crippen molar-refractivity contribution < 1.29 is 0 Å². The van der Waals surface area contributed by atoms with Crippen LogP contribution < -0.4 is 0 Å². The maximum absolute atomic E-state index is 3.62. The summed E-state index contributed by atoms with van der Waals surface area (Å²) >= 11 is 1.99. The smallest absolute Gasteiger partial charge is 0.0303 e. The van der Waals surface area contributed by atoms with Crippen molar-refractivity contribution in [1.29, 1.82) is 0 Å². The second kappa shape index (κ2) is 2.43. The Morgan fingerprint density at radius 3 is 2.88 bits per heavy atom. The van der Waals surface area contributed by atoms with Crippen LogP contribution in [0, 0.1) is 0 Å². The van der Waals surface area contributed by atoms with Gasteiger partial charge in [0.2, 0.25) is 0 Å². The van der Waals surface area contributed by atoms with Crippen LogP contribution in [0.25, 0.3) is 0 Å². The Morgan fingerprint density at radius 2 is 2.62 bits per heavy atom. The first-order chi connectivity index (χ1) is 3.84. The quantitative estimate of drug-likeness (QED) is 0.448. The SMILES string of the molecule is C=C=C1CCS[C@H]1C. The van der Waals surface area contributed by atoms with Crippen molar-refractivity contribution in [3.8, 4) is 0 Å². The van der Waals surface area contributed by atoms with Crippen LogP contribution in [-0.4, -0.2) is 11.0 Å². The zero-order valence-corrected chi connectivity index (χ0v) is 5.92. The average molecular weight is 126 g/mol. The van der Waals surface area contributed by atoms with E-state index in [0.717, 1.165) is 0 Å². The summed E-state index contributed by atoms with van der Waals surface area (Å²) in [6.07, 6.45) is 1.20. The summed E-state index contributed by atoms with van der Waals surface area (Å²) in [4.78, 5) is 0. The fourth-order valence-corrected chi connectivity index (χ4v) is 1.98. The van der Waals surface area contributed by atoms with E-state index in [9.17, 15) is 0 Å². The Balaban J connectivity index is 2.68. The normalized spacial score (nSPS) is 28.1. The van der Waals surface area contributed by atoms with Gasteiger partial charge in [-0.25, -0.2) is 0 Å². The molecule has 0 aromatic carbocycles. The summed E-state index contributed by atoms with van der Waals surface area (Å²) < 4.78 is 0. The summed E-state index contributed by atoms with van der Waals surface area (Å²) in [6.45, 7) is 5.83. The molecule has 1 saturated heterocycles. The third-order valence-electron chi connectivity index (χ3n) is 1.46. The van der Waals surface area contributed by atoms with Gasteiger partial charge in [0.15, 0.2) is 0 Å². The van der Waals surface area contributed by atoms with Gasteiger partial charge >= 0.3 is 0 Å². The molecule has 44 valence electrons. The highest BCUT2D eigenvalue weighted by molar-refractivity contribution is 8.00. The molecule has 1 aliphatic heterocycles. The van der Waals surface area contributed by atoms with E-state index in [-0.39, 0.29) is 0 Å². The number of thioether (sulfide) groups is 1. The lowest BCUT2D eigenvalue weighted by molar-refractivity contribution is 1.06. The molecule has 0 aliphatic carbocycles. The predicted octanol–water partition coefficient (Wildman–Crippen LogP) is 2.22. The highest BCUT2D eigenvalue weighted by Gasteiger charge is 2.14. The molecule has 1 aliphatic rings. The summed E-state index contributed by atoms with van der Waals surface area (Å²) in [6, 6.07) is 0. The second-order valence-corrected chi connectivity index (χ2v) is 3.41. The van der Waals surface area contributed by atoms with Crippen molar-refractivity contribution in [2.24, 2.45) is 0 Å². The van der Waals surface area contributed by atoms with E-state index >= 15 is 0 Å². The van der Waals surface area contributed by atoms with Gasteiger partial charge in [-0.2, -0.15) is 11.8 Å². The number of rotatable bonds is 0. The molecule has 0 unspecified atom stereocenters. The lowest BCUT2D eigenvalue weighted by Gasteiger charge is -1.96. The zero-order chi connectivity index (χ0) is 5.98. The maximum Gasteiger partial charge on any atom is 0.0303 e. The summed E-state index contributed by atoms with van der Waals surface area (Å²) in [5.41, 5.74) is 4.36. The minimum Gasteiger partial charge on any atom is -0.153 e. The van der Waals surface area contributed by atoms with E-state index in [4.69, 9.17) is 0 Å². The lowest BCUT2D eigenvalue weighted by atomic mass is 10.2. The topological polar surface area (TPSA) is 0 Å². The molecule has 8 heavy (non-hydrogen) atoms. The first-order valence-electron chi connectivity index (χ1n) is 2.85. The Morgan fingerprint density at radius 1 is 1.88 bits per heavy atom. The van der Waals surface area contributed by atoms with Crippen LogP contribution in [0.1, 0.15) is 13.3 Å². The van der Waals surface area contributed by atoms with Gasteiger partial charge in [0.05, 0.1) is 0 Å². The van der Waals surface area contributed by atoms with Gasteiger partial charge in [0, 0.05) is 5.25 Å². The summed E-state index contributed by atoms with van der Waals surface area (Å²) in [7, 11) is 0. The Kier molecular flexibility index (Phi) is 1.82. The molecule has 0 N–H and O–H groups in total. The van der Waals surface area contributed by atoms with Gasteiger partial charge in [-0.05, 0) is 24.7 Å². The van der Waals surface area contributed by atoms with Gasteiger partial charge < -0.3 is 0 Å². The van der Waals surface area contributed by atoms with E-state index in [0.29, 0.717) is 5.25 Å². The molecule has 1 heteroatoms. The van der Waals surface area contributed by atoms with E-state index in [2.05, 4.69) is 19.2 Å². The minimum atomic E-state index is 0.687. The molecule has 0 bridgehead atoms. The Hall–Kier alpha value is -0.130. The first-order valence-corrected chi connectivity index (χ1v) is 3.90. The molecule has 0 saturated carbocycles. The lowest BCUT2D eigenvalue weighted by Crippen LogP contribution is -1.88. The van der Waals surface area contributed by atoms with E-state index in [1.807, 2.05) is 11.8 Å². The molecular weight excluding hydrogens is 116 g/mol. The second-order valence-electron chi connectivity index (χ2n) is 1.97. The molecule has 1 heterocycles.